The largest absolute Gasteiger partial charge is 0.487 e. The highest BCUT2D eigenvalue weighted by atomic mass is 16.5. The highest BCUT2D eigenvalue weighted by Gasteiger charge is 2.39. The minimum Gasteiger partial charge on any atom is -0.487 e. The maximum Gasteiger partial charge on any atom is 0.125 e. The van der Waals surface area contributed by atoms with E-state index in [9.17, 15) is 5.11 Å². The second-order valence-corrected chi connectivity index (χ2v) is 5.81. The van der Waals surface area contributed by atoms with Gasteiger partial charge in [0.2, 0.25) is 0 Å². The van der Waals surface area contributed by atoms with Gasteiger partial charge in [-0.05, 0) is 31.7 Å². The summed E-state index contributed by atoms with van der Waals surface area (Å²) in [7, 11) is 0. The smallest absolute Gasteiger partial charge is 0.125 e. The molecule has 1 aliphatic carbocycles. The van der Waals surface area contributed by atoms with Gasteiger partial charge in [-0.25, -0.2) is 0 Å². The van der Waals surface area contributed by atoms with Crippen LogP contribution in [0.5, 0.6) is 5.75 Å². The fraction of sp³-hybridized carbons (Fsp3) is 0.625. The van der Waals surface area contributed by atoms with E-state index < -0.39 is 0 Å². The minimum absolute atomic E-state index is 0.103. The molecule has 1 saturated carbocycles. The van der Waals surface area contributed by atoms with Crippen molar-refractivity contribution in [2.75, 3.05) is 0 Å². The lowest BCUT2D eigenvalue weighted by Gasteiger charge is -2.42. The van der Waals surface area contributed by atoms with Crippen molar-refractivity contribution in [2.45, 2.75) is 63.1 Å². The molecule has 1 fully saturated rings. The van der Waals surface area contributed by atoms with Gasteiger partial charge in [0, 0.05) is 12.0 Å². The number of hydrogen-bond donors (Lipinski definition) is 1. The molecule has 3 rings (SSSR count). The quantitative estimate of drug-likeness (QED) is 0.750. The van der Waals surface area contributed by atoms with Gasteiger partial charge in [0.1, 0.15) is 11.4 Å². The lowest BCUT2D eigenvalue weighted by molar-refractivity contribution is -0.0312. The van der Waals surface area contributed by atoms with E-state index in [2.05, 4.69) is 0 Å². The Kier molecular flexibility index (Phi) is 3.29. The molecule has 0 bridgehead atoms. The van der Waals surface area contributed by atoms with Gasteiger partial charge in [0.05, 0.1) is 6.10 Å². The summed E-state index contributed by atoms with van der Waals surface area (Å²) < 4.78 is 6.31. The number of aliphatic hydroxyl groups is 1. The standard InChI is InChI=1S/C16H22O2/c17-14-12-16(10-6-2-1-3-7-11-16)18-15-9-5-4-8-13(14)15/h4-5,8-9,14,17H,1-3,6-7,10-12H2/t14-/m1/s1. The number of benzene rings is 1. The normalized spacial score (nSPS) is 26.8. The summed E-state index contributed by atoms with van der Waals surface area (Å²) in [5, 5.41) is 10.4. The lowest BCUT2D eigenvalue weighted by Crippen LogP contribution is -2.41. The Balaban J connectivity index is 1.86. The molecule has 2 heteroatoms. The van der Waals surface area contributed by atoms with Gasteiger partial charge in [-0.15, -0.1) is 0 Å². The number of para-hydroxylation sites is 1. The van der Waals surface area contributed by atoms with Gasteiger partial charge in [0.15, 0.2) is 0 Å². The molecule has 18 heavy (non-hydrogen) atoms. The summed E-state index contributed by atoms with van der Waals surface area (Å²) in [6.07, 6.45) is 9.04. The van der Waals surface area contributed by atoms with E-state index in [-0.39, 0.29) is 11.7 Å². The monoisotopic (exact) mass is 246 g/mol. The van der Waals surface area contributed by atoms with Crippen LogP contribution in [0, 0.1) is 0 Å². The van der Waals surface area contributed by atoms with Crippen molar-refractivity contribution in [3.63, 3.8) is 0 Å². The summed E-state index contributed by atoms with van der Waals surface area (Å²) in [5.74, 6) is 0.900. The van der Waals surface area contributed by atoms with Crippen molar-refractivity contribution in [1.82, 2.24) is 0 Å². The first-order valence-electron chi connectivity index (χ1n) is 7.25. The zero-order valence-electron chi connectivity index (χ0n) is 10.9. The van der Waals surface area contributed by atoms with Crippen LogP contribution < -0.4 is 4.74 Å². The molecule has 1 spiro atoms. The van der Waals surface area contributed by atoms with Crippen molar-refractivity contribution in [3.8, 4) is 5.75 Å². The predicted octanol–water partition coefficient (Wildman–Crippen LogP) is 3.99. The van der Waals surface area contributed by atoms with E-state index in [1.807, 2.05) is 24.3 Å². The van der Waals surface area contributed by atoms with Crippen molar-refractivity contribution in [1.29, 1.82) is 0 Å². The van der Waals surface area contributed by atoms with Crippen LogP contribution in [0.15, 0.2) is 24.3 Å². The molecule has 2 nitrogen and oxygen atoms in total. The molecule has 0 amide bonds. The molecule has 1 heterocycles. The average Bonchev–Trinajstić information content (AvgIpc) is 2.35. The summed E-state index contributed by atoms with van der Waals surface area (Å²) in [6, 6.07) is 7.95. The summed E-state index contributed by atoms with van der Waals surface area (Å²) in [6.45, 7) is 0. The van der Waals surface area contributed by atoms with Crippen LogP contribution in [0.1, 0.15) is 63.0 Å². The Hall–Kier alpha value is -1.02. The SMILES string of the molecule is O[C@@H]1CC2(CCCCCCC2)Oc2ccccc21. The Labute approximate surface area is 109 Å². The molecule has 1 atom stereocenters. The van der Waals surface area contributed by atoms with Crippen molar-refractivity contribution >= 4 is 0 Å². The molecule has 1 aromatic carbocycles. The van der Waals surface area contributed by atoms with E-state index >= 15 is 0 Å². The number of fused-ring (bicyclic) bond motifs is 1. The molecule has 98 valence electrons. The van der Waals surface area contributed by atoms with Crippen LogP contribution in [0.2, 0.25) is 0 Å². The van der Waals surface area contributed by atoms with Crippen molar-refractivity contribution in [3.05, 3.63) is 29.8 Å². The topological polar surface area (TPSA) is 29.5 Å². The van der Waals surface area contributed by atoms with E-state index in [1.165, 1.54) is 32.1 Å². The average molecular weight is 246 g/mol. The maximum absolute atomic E-state index is 10.4. The highest BCUT2D eigenvalue weighted by molar-refractivity contribution is 5.37. The molecule has 1 N–H and O–H groups in total. The van der Waals surface area contributed by atoms with Crippen LogP contribution in [0.4, 0.5) is 0 Å². The first-order valence-corrected chi connectivity index (χ1v) is 7.25. The van der Waals surface area contributed by atoms with Gasteiger partial charge >= 0.3 is 0 Å². The Morgan fingerprint density at radius 1 is 1.00 bits per heavy atom. The Bertz CT molecular complexity index is 405. The zero-order valence-corrected chi connectivity index (χ0v) is 10.9. The third kappa shape index (κ3) is 2.26. The molecule has 0 radical (unpaired) electrons. The number of hydrogen-bond acceptors (Lipinski definition) is 2. The van der Waals surface area contributed by atoms with Gasteiger partial charge in [0.25, 0.3) is 0 Å². The third-order valence-electron chi connectivity index (χ3n) is 4.43. The van der Waals surface area contributed by atoms with Gasteiger partial charge < -0.3 is 9.84 Å². The highest BCUT2D eigenvalue weighted by Crippen LogP contribution is 2.44. The summed E-state index contributed by atoms with van der Waals surface area (Å²) in [4.78, 5) is 0. The van der Waals surface area contributed by atoms with Crippen LogP contribution >= 0.6 is 0 Å². The molecule has 1 aliphatic heterocycles. The number of aliphatic hydroxyl groups excluding tert-OH is 1. The lowest BCUT2D eigenvalue weighted by atomic mass is 9.79. The van der Waals surface area contributed by atoms with Gasteiger partial charge in [-0.3, -0.25) is 0 Å². The van der Waals surface area contributed by atoms with Crippen LogP contribution in [0.3, 0.4) is 0 Å². The van der Waals surface area contributed by atoms with Gasteiger partial charge in [-0.2, -0.15) is 0 Å². The Morgan fingerprint density at radius 3 is 2.44 bits per heavy atom. The predicted molar refractivity (Wildman–Crippen MR) is 71.7 cm³/mol. The summed E-state index contributed by atoms with van der Waals surface area (Å²) >= 11 is 0. The second kappa shape index (κ2) is 4.93. The molecular weight excluding hydrogens is 224 g/mol. The Morgan fingerprint density at radius 2 is 1.67 bits per heavy atom. The second-order valence-electron chi connectivity index (χ2n) is 5.81. The maximum atomic E-state index is 10.4. The zero-order chi connectivity index (χ0) is 12.4. The van der Waals surface area contributed by atoms with E-state index in [0.717, 1.165) is 30.6 Å². The first-order chi connectivity index (χ1) is 8.79. The molecule has 2 aliphatic rings. The van der Waals surface area contributed by atoms with E-state index in [1.54, 1.807) is 0 Å². The van der Waals surface area contributed by atoms with Crippen molar-refractivity contribution in [2.24, 2.45) is 0 Å². The molecular formula is C16H22O2. The number of rotatable bonds is 0. The van der Waals surface area contributed by atoms with E-state index in [0.29, 0.717) is 0 Å². The van der Waals surface area contributed by atoms with Crippen LogP contribution in [0.25, 0.3) is 0 Å². The van der Waals surface area contributed by atoms with Crippen molar-refractivity contribution < 1.29 is 9.84 Å². The minimum atomic E-state index is -0.352. The van der Waals surface area contributed by atoms with E-state index in [4.69, 9.17) is 4.74 Å². The fourth-order valence-electron chi connectivity index (χ4n) is 3.44. The van der Waals surface area contributed by atoms with Gasteiger partial charge in [-0.1, -0.05) is 37.5 Å². The molecule has 1 aromatic rings. The van der Waals surface area contributed by atoms with Crippen LogP contribution in [-0.4, -0.2) is 10.7 Å². The molecule has 0 aromatic heterocycles. The third-order valence-corrected chi connectivity index (χ3v) is 4.43. The molecule has 0 unspecified atom stereocenters. The van der Waals surface area contributed by atoms with Crippen LogP contribution in [-0.2, 0) is 0 Å². The fourth-order valence-corrected chi connectivity index (χ4v) is 3.44. The molecule has 0 saturated heterocycles. The number of ether oxygens (including phenoxy) is 1. The first kappa shape index (κ1) is 12.0. The summed E-state index contributed by atoms with van der Waals surface area (Å²) in [5.41, 5.74) is 0.860.